The fourth-order valence-electron chi connectivity index (χ4n) is 2.40. The van der Waals surface area contributed by atoms with Crippen LogP contribution in [0.2, 0.25) is 0 Å². The number of amides is 2. The Hall–Kier alpha value is -3.61. The first kappa shape index (κ1) is 18.2. The van der Waals surface area contributed by atoms with Crippen LogP contribution >= 0.6 is 0 Å². The molecule has 3 aromatic rings. The maximum atomic E-state index is 12.0. The lowest BCUT2D eigenvalue weighted by atomic mass is 10.1. The number of carbonyl (C=O) groups excluding carboxylic acids is 2. The molecule has 3 N–H and O–H groups in total. The molecule has 7 heteroatoms. The molecule has 3 rings (SSSR count). The van der Waals surface area contributed by atoms with Gasteiger partial charge >= 0.3 is 0 Å². The van der Waals surface area contributed by atoms with Crippen molar-refractivity contribution < 1.29 is 14.3 Å². The Morgan fingerprint density at radius 1 is 1.15 bits per heavy atom. The topological polar surface area (TPSA) is 99.2 Å². The molecule has 0 fully saturated rings. The summed E-state index contributed by atoms with van der Waals surface area (Å²) in [5.74, 6) is -0.174. The van der Waals surface area contributed by atoms with E-state index >= 15 is 0 Å². The minimum Gasteiger partial charge on any atom is -0.489 e. The van der Waals surface area contributed by atoms with Crippen LogP contribution in [-0.4, -0.2) is 27.4 Å². The van der Waals surface area contributed by atoms with E-state index in [2.05, 4.69) is 10.3 Å². The minimum absolute atomic E-state index is 0.344. The first-order chi connectivity index (χ1) is 13.0. The number of nitrogens with zero attached hydrogens (tertiary/aromatic N) is 2. The standard InChI is InChI=1S/C20H20N4O3/c1-14(19(21)25)23-20(26)16-4-2-15(3-5-16)12-27-18-8-6-17(7-9-18)24-11-10-22-13-24/h2-11,13-14H,12H2,1H3,(H2,21,25)(H,23,26). The highest BCUT2D eigenvalue weighted by molar-refractivity contribution is 5.97. The number of hydrogen-bond donors (Lipinski definition) is 2. The second-order valence-corrected chi connectivity index (χ2v) is 6.05. The molecule has 0 spiro atoms. The molecule has 0 aliphatic rings. The smallest absolute Gasteiger partial charge is 0.251 e. The zero-order valence-electron chi connectivity index (χ0n) is 14.8. The maximum Gasteiger partial charge on any atom is 0.251 e. The van der Waals surface area contributed by atoms with Crippen LogP contribution in [0.1, 0.15) is 22.8 Å². The third kappa shape index (κ3) is 4.72. The van der Waals surface area contributed by atoms with Crippen LogP contribution < -0.4 is 15.8 Å². The number of nitrogens with two attached hydrogens (primary N) is 1. The van der Waals surface area contributed by atoms with Crippen LogP contribution in [0.25, 0.3) is 5.69 Å². The average molecular weight is 364 g/mol. The lowest BCUT2D eigenvalue weighted by Crippen LogP contribution is -2.42. The van der Waals surface area contributed by atoms with Gasteiger partial charge in [0.1, 0.15) is 18.4 Å². The largest absolute Gasteiger partial charge is 0.489 e. The lowest BCUT2D eigenvalue weighted by Gasteiger charge is -2.11. The van der Waals surface area contributed by atoms with Gasteiger partial charge in [-0.25, -0.2) is 4.98 Å². The van der Waals surface area contributed by atoms with Crippen molar-refractivity contribution in [2.75, 3.05) is 0 Å². The van der Waals surface area contributed by atoms with E-state index < -0.39 is 11.9 Å². The van der Waals surface area contributed by atoms with E-state index in [4.69, 9.17) is 10.5 Å². The molecule has 1 heterocycles. The van der Waals surface area contributed by atoms with Gasteiger partial charge in [0.25, 0.3) is 5.91 Å². The Kier molecular flexibility index (Phi) is 5.51. The molecule has 0 saturated heterocycles. The number of aromatic nitrogens is 2. The molecular formula is C20H20N4O3. The first-order valence-electron chi connectivity index (χ1n) is 8.43. The van der Waals surface area contributed by atoms with E-state index in [1.165, 1.54) is 0 Å². The summed E-state index contributed by atoms with van der Waals surface area (Å²) in [5, 5.41) is 2.54. The van der Waals surface area contributed by atoms with E-state index in [-0.39, 0.29) is 5.91 Å². The average Bonchev–Trinajstić information content (AvgIpc) is 3.22. The van der Waals surface area contributed by atoms with Crippen molar-refractivity contribution in [3.05, 3.63) is 78.4 Å². The quantitative estimate of drug-likeness (QED) is 0.670. The predicted molar refractivity (Wildman–Crippen MR) is 100 cm³/mol. The van der Waals surface area contributed by atoms with E-state index in [9.17, 15) is 9.59 Å². The van der Waals surface area contributed by atoms with Crippen molar-refractivity contribution in [1.29, 1.82) is 0 Å². The summed E-state index contributed by atoms with van der Waals surface area (Å²) in [5.41, 5.74) is 7.52. The monoisotopic (exact) mass is 364 g/mol. The van der Waals surface area contributed by atoms with Gasteiger partial charge in [0, 0.05) is 23.6 Å². The third-order valence-corrected chi connectivity index (χ3v) is 4.04. The first-order valence-corrected chi connectivity index (χ1v) is 8.43. The lowest BCUT2D eigenvalue weighted by molar-refractivity contribution is -0.119. The summed E-state index contributed by atoms with van der Waals surface area (Å²) in [6.07, 6.45) is 5.33. The Labute approximate surface area is 156 Å². The van der Waals surface area contributed by atoms with Gasteiger partial charge in [-0.1, -0.05) is 12.1 Å². The Morgan fingerprint density at radius 3 is 2.44 bits per heavy atom. The molecule has 0 bridgehead atoms. The number of carbonyl (C=O) groups is 2. The number of ether oxygens (including phenoxy) is 1. The highest BCUT2D eigenvalue weighted by Gasteiger charge is 2.13. The number of benzene rings is 2. The number of rotatable bonds is 7. The zero-order valence-corrected chi connectivity index (χ0v) is 14.8. The maximum absolute atomic E-state index is 12.0. The molecule has 27 heavy (non-hydrogen) atoms. The predicted octanol–water partition coefficient (Wildman–Crippen LogP) is 2.05. The van der Waals surface area contributed by atoms with Gasteiger partial charge in [0.05, 0.1) is 6.33 Å². The molecule has 2 aromatic carbocycles. The van der Waals surface area contributed by atoms with Gasteiger partial charge in [0.2, 0.25) is 5.91 Å². The van der Waals surface area contributed by atoms with E-state index in [1.807, 2.05) is 47.2 Å². The Bertz CT molecular complexity index is 903. The molecule has 1 aromatic heterocycles. The molecule has 1 atom stereocenters. The summed E-state index contributed by atoms with van der Waals surface area (Å²) in [4.78, 5) is 27.1. The molecular weight excluding hydrogens is 344 g/mol. The van der Waals surface area contributed by atoms with Gasteiger partial charge in [0.15, 0.2) is 0 Å². The summed E-state index contributed by atoms with van der Waals surface area (Å²) < 4.78 is 7.68. The molecule has 0 radical (unpaired) electrons. The van der Waals surface area contributed by atoms with E-state index in [0.717, 1.165) is 17.0 Å². The van der Waals surface area contributed by atoms with Crippen LogP contribution in [-0.2, 0) is 11.4 Å². The van der Waals surface area contributed by atoms with E-state index in [1.54, 1.807) is 31.6 Å². The van der Waals surface area contributed by atoms with Crippen molar-refractivity contribution in [3.8, 4) is 11.4 Å². The van der Waals surface area contributed by atoms with Crippen molar-refractivity contribution >= 4 is 11.8 Å². The normalized spacial score (nSPS) is 11.6. The number of hydrogen-bond acceptors (Lipinski definition) is 4. The summed E-state index contributed by atoms with van der Waals surface area (Å²) in [6.45, 7) is 1.92. The Morgan fingerprint density at radius 2 is 1.85 bits per heavy atom. The second-order valence-electron chi connectivity index (χ2n) is 6.05. The second kappa shape index (κ2) is 8.18. The van der Waals surface area contributed by atoms with Gasteiger partial charge in [-0.2, -0.15) is 0 Å². The van der Waals surface area contributed by atoms with Gasteiger partial charge in [-0.15, -0.1) is 0 Å². The molecule has 138 valence electrons. The highest BCUT2D eigenvalue weighted by Crippen LogP contribution is 2.17. The minimum atomic E-state index is -0.717. The fraction of sp³-hybridized carbons (Fsp3) is 0.150. The molecule has 0 aliphatic carbocycles. The molecule has 0 saturated carbocycles. The van der Waals surface area contributed by atoms with Crippen molar-refractivity contribution in [2.24, 2.45) is 5.73 Å². The fourth-order valence-corrected chi connectivity index (χ4v) is 2.40. The van der Waals surface area contributed by atoms with Gasteiger partial charge < -0.3 is 20.4 Å². The number of nitrogens with one attached hydrogen (secondary N) is 1. The molecule has 2 amide bonds. The number of imidazole rings is 1. The van der Waals surface area contributed by atoms with Gasteiger partial charge in [-0.05, 0) is 48.9 Å². The summed E-state index contributed by atoms with van der Waals surface area (Å²) in [6, 6.07) is 14.0. The van der Waals surface area contributed by atoms with Crippen molar-refractivity contribution in [1.82, 2.24) is 14.9 Å². The summed E-state index contributed by atoms with van der Waals surface area (Å²) >= 11 is 0. The van der Waals surface area contributed by atoms with E-state index in [0.29, 0.717) is 12.2 Å². The number of primary amides is 1. The van der Waals surface area contributed by atoms with Crippen LogP contribution in [0.15, 0.2) is 67.3 Å². The molecule has 1 unspecified atom stereocenters. The molecule has 0 aliphatic heterocycles. The van der Waals surface area contributed by atoms with Crippen LogP contribution in [0.3, 0.4) is 0 Å². The highest BCUT2D eigenvalue weighted by atomic mass is 16.5. The van der Waals surface area contributed by atoms with Crippen molar-refractivity contribution in [3.63, 3.8) is 0 Å². The Balaban J connectivity index is 1.55. The molecule has 7 nitrogen and oxygen atoms in total. The van der Waals surface area contributed by atoms with Gasteiger partial charge in [-0.3, -0.25) is 9.59 Å². The third-order valence-electron chi connectivity index (χ3n) is 4.04. The van der Waals surface area contributed by atoms with Crippen LogP contribution in [0.4, 0.5) is 0 Å². The van der Waals surface area contributed by atoms with Crippen molar-refractivity contribution in [2.45, 2.75) is 19.6 Å². The zero-order chi connectivity index (χ0) is 19.2. The van der Waals surface area contributed by atoms with Crippen LogP contribution in [0, 0.1) is 0 Å². The van der Waals surface area contributed by atoms with Crippen LogP contribution in [0.5, 0.6) is 5.75 Å². The SMILES string of the molecule is CC(NC(=O)c1ccc(COc2ccc(-n3ccnc3)cc2)cc1)C(N)=O. The summed E-state index contributed by atoms with van der Waals surface area (Å²) in [7, 11) is 0.